The van der Waals surface area contributed by atoms with E-state index in [1.165, 1.54) is 6.08 Å². The summed E-state index contributed by atoms with van der Waals surface area (Å²) in [6.45, 7) is 9.75. The molecule has 0 unspecified atom stereocenters. The molecule has 0 amide bonds. The Bertz CT molecular complexity index is 247. The van der Waals surface area contributed by atoms with Gasteiger partial charge in [0.15, 0.2) is 5.79 Å². The summed E-state index contributed by atoms with van der Waals surface area (Å²) in [5, 5.41) is 0. The van der Waals surface area contributed by atoms with E-state index in [2.05, 4.69) is 6.58 Å². The van der Waals surface area contributed by atoms with Crippen LogP contribution in [0.4, 0.5) is 0 Å². The van der Waals surface area contributed by atoms with Crippen LogP contribution in [0.15, 0.2) is 12.7 Å². The Morgan fingerprint density at radius 3 is 2.40 bits per heavy atom. The van der Waals surface area contributed by atoms with Crippen molar-refractivity contribution >= 4 is 5.97 Å². The molecule has 0 bridgehead atoms. The van der Waals surface area contributed by atoms with E-state index in [0.29, 0.717) is 13.2 Å². The molecular weight excluding hydrogens is 196 g/mol. The van der Waals surface area contributed by atoms with Crippen molar-refractivity contribution in [1.82, 2.24) is 0 Å². The Morgan fingerprint density at radius 2 is 1.93 bits per heavy atom. The molecule has 86 valence electrons. The second-order valence-electron chi connectivity index (χ2n) is 4.42. The van der Waals surface area contributed by atoms with Gasteiger partial charge < -0.3 is 14.2 Å². The monoisotopic (exact) mass is 214 g/mol. The van der Waals surface area contributed by atoms with Crippen LogP contribution in [0.2, 0.25) is 0 Å². The molecule has 0 N–H and O–H groups in total. The number of carbonyl (C=O) groups excluding carboxylic acids is 1. The first-order chi connectivity index (χ1) is 6.90. The van der Waals surface area contributed by atoms with E-state index in [-0.39, 0.29) is 12.6 Å². The Kier molecular flexibility index (Phi) is 3.52. The molecule has 4 nitrogen and oxygen atoms in total. The van der Waals surface area contributed by atoms with Gasteiger partial charge in [0.1, 0.15) is 12.0 Å². The van der Waals surface area contributed by atoms with E-state index in [9.17, 15) is 4.79 Å². The summed E-state index contributed by atoms with van der Waals surface area (Å²) in [7, 11) is 0. The van der Waals surface area contributed by atoms with Gasteiger partial charge in [-0.25, -0.2) is 0 Å². The predicted octanol–water partition coefficient (Wildman–Crippen LogP) is 1.50. The lowest BCUT2D eigenvalue weighted by Gasteiger charge is -2.39. The minimum Gasteiger partial charge on any atom is -0.461 e. The van der Waals surface area contributed by atoms with E-state index in [1.54, 1.807) is 6.92 Å². The quantitative estimate of drug-likeness (QED) is 0.527. The summed E-state index contributed by atoms with van der Waals surface area (Å²) >= 11 is 0. The lowest BCUT2D eigenvalue weighted by molar-refractivity contribution is -0.281. The van der Waals surface area contributed by atoms with E-state index >= 15 is 0 Å². The van der Waals surface area contributed by atoms with Crippen molar-refractivity contribution in [3.8, 4) is 0 Å². The van der Waals surface area contributed by atoms with Crippen molar-refractivity contribution in [3.63, 3.8) is 0 Å². The average Bonchev–Trinajstić information content (AvgIpc) is 2.19. The Hall–Kier alpha value is -0.870. The van der Waals surface area contributed by atoms with Crippen molar-refractivity contribution in [2.45, 2.75) is 26.6 Å². The lowest BCUT2D eigenvalue weighted by atomic mass is 9.92. The highest BCUT2D eigenvalue weighted by Gasteiger charge is 2.43. The summed E-state index contributed by atoms with van der Waals surface area (Å²) < 4.78 is 15.9. The highest BCUT2D eigenvalue weighted by atomic mass is 16.7. The van der Waals surface area contributed by atoms with Crippen LogP contribution in [-0.4, -0.2) is 31.6 Å². The number of ether oxygens (including phenoxy) is 3. The number of carbonyl (C=O) groups is 1. The van der Waals surface area contributed by atoms with Crippen LogP contribution in [0.1, 0.15) is 20.8 Å². The van der Waals surface area contributed by atoms with E-state index in [4.69, 9.17) is 14.2 Å². The highest BCUT2D eigenvalue weighted by molar-refractivity contribution is 5.77. The largest absolute Gasteiger partial charge is 0.461 e. The van der Waals surface area contributed by atoms with Gasteiger partial charge in [-0.05, 0) is 20.8 Å². The molecule has 0 radical (unpaired) electrons. The highest BCUT2D eigenvalue weighted by Crippen LogP contribution is 2.30. The topological polar surface area (TPSA) is 44.8 Å². The Labute approximate surface area is 90.2 Å². The van der Waals surface area contributed by atoms with Crippen molar-refractivity contribution in [2.75, 3.05) is 19.8 Å². The summed E-state index contributed by atoms with van der Waals surface area (Å²) in [4.78, 5) is 11.7. The van der Waals surface area contributed by atoms with Crippen molar-refractivity contribution < 1.29 is 19.0 Å². The first-order valence-electron chi connectivity index (χ1n) is 4.96. The third-order valence-corrected chi connectivity index (χ3v) is 2.30. The van der Waals surface area contributed by atoms with Crippen LogP contribution in [0.5, 0.6) is 0 Å². The van der Waals surface area contributed by atoms with Gasteiger partial charge in [-0.1, -0.05) is 12.7 Å². The van der Waals surface area contributed by atoms with Gasteiger partial charge in [-0.3, -0.25) is 4.79 Å². The molecule has 1 saturated heterocycles. The van der Waals surface area contributed by atoms with Crippen molar-refractivity contribution in [2.24, 2.45) is 5.41 Å². The summed E-state index contributed by atoms with van der Waals surface area (Å²) in [5.41, 5.74) is -0.710. The van der Waals surface area contributed by atoms with Gasteiger partial charge in [0.25, 0.3) is 0 Å². The third kappa shape index (κ3) is 3.04. The van der Waals surface area contributed by atoms with E-state index in [0.717, 1.165) is 0 Å². The van der Waals surface area contributed by atoms with Gasteiger partial charge >= 0.3 is 5.97 Å². The summed E-state index contributed by atoms with van der Waals surface area (Å²) in [6.07, 6.45) is 1.54. The van der Waals surface area contributed by atoms with Crippen LogP contribution in [0, 0.1) is 5.41 Å². The van der Waals surface area contributed by atoms with Crippen LogP contribution < -0.4 is 0 Å². The smallest absolute Gasteiger partial charge is 0.316 e. The molecule has 1 heterocycles. The molecule has 1 fully saturated rings. The van der Waals surface area contributed by atoms with Crippen LogP contribution in [-0.2, 0) is 19.0 Å². The SMILES string of the molecule is C=CCOC(=O)C1(C)COC(C)(C)OC1. The standard InChI is InChI=1S/C11H18O4/c1-5-6-13-9(12)11(4)7-14-10(2,3)15-8-11/h5H,1,6-8H2,2-4H3. The summed E-state index contributed by atoms with van der Waals surface area (Å²) in [5.74, 6) is -0.920. The number of hydrogen-bond donors (Lipinski definition) is 0. The molecule has 0 aliphatic carbocycles. The fourth-order valence-corrected chi connectivity index (χ4v) is 1.18. The Balaban J connectivity index is 2.54. The second-order valence-corrected chi connectivity index (χ2v) is 4.42. The molecular formula is C11H18O4. The molecule has 1 aliphatic heterocycles. The molecule has 0 atom stereocenters. The zero-order valence-corrected chi connectivity index (χ0v) is 9.54. The minimum absolute atomic E-state index is 0.220. The number of rotatable bonds is 3. The number of hydrogen-bond acceptors (Lipinski definition) is 4. The lowest BCUT2D eigenvalue weighted by Crippen LogP contribution is -2.49. The van der Waals surface area contributed by atoms with Crippen LogP contribution in [0.25, 0.3) is 0 Å². The normalized spacial score (nSPS) is 23.1. The Morgan fingerprint density at radius 1 is 1.40 bits per heavy atom. The molecule has 0 aromatic carbocycles. The van der Waals surface area contributed by atoms with Gasteiger partial charge in [0, 0.05) is 0 Å². The third-order valence-electron chi connectivity index (χ3n) is 2.30. The second kappa shape index (κ2) is 4.33. The maximum Gasteiger partial charge on any atom is 0.316 e. The number of esters is 1. The van der Waals surface area contributed by atoms with E-state index < -0.39 is 11.2 Å². The molecule has 0 spiro atoms. The zero-order valence-electron chi connectivity index (χ0n) is 9.54. The average molecular weight is 214 g/mol. The fraction of sp³-hybridized carbons (Fsp3) is 0.727. The molecule has 15 heavy (non-hydrogen) atoms. The zero-order chi connectivity index (χ0) is 11.5. The molecule has 0 aromatic heterocycles. The van der Waals surface area contributed by atoms with Gasteiger partial charge in [-0.2, -0.15) is 0 Å². The molecule has 1 rings (SSSR count). The van der Waals surface area contributed by atoms with Crippen molar-refractivity contribution in [3.05, 3.63) is 12.7 Å². The molecule has 1 aliphatic rings. The summed E-state index contributed by atoms with van der Waals surface area (Å²) in [6, 6.07) is 0. The van der Waals surface area contributed by atoms with Gasteiger partial charge in [0.2, 0.25) is 0 Å². The molecule has 0 aromatic rings. The maximum absolute atomic E-state index is 11.7. The first kappa shape index (κ1) is 12.2. The molecule has 4 heteroatoms. The minimum atomic E-state index is -0.710. The predicted molar refractivity (Wildman–Crippen MR) is 55.2 cm³/mol. The fourth-order valence-electron chi connectivity index (χ4n) is 1.18. The first-order valence-corrected chi connectivity index (χ1v) is 4.96. The van der Waals surface area contributed by atoms with Gasteiger partial charge in [-0.15, -0.1) is 0 Å². The maximum atomic E-state index is 11.7. The van der Waals surface area contributed by atoms with Crippen molar-refractivity contribution in [1.29, 1.82) is 0 Å². The van der Waals surface area contributed by atoms with E-state index in [1.807, 2.05) is 13.8 Å². The van der Waals surface area contributed by atoms with Crippen LogP contribution in [0.3, 0.4) is 0 Å². The van der Waals surface area contributed by atoms with Gasteiger partial charge in [0.05, 0.1) is 13.2 Å². The van der Waals surface area contributed by atoms with Crippen LogP contribution >= 0.6 is 0 Å². The molecule has 0 saturated carbocycles.